The van der Waals surface area contributed by atoms with Crippen molar-refractivity contribution in [3.8, 4) is 11.1 Å². The van der Waals surface area contributed by atoms with Crippen molar-refractivity contribution in [1.29, 1.82) is 0 Å². The molecule has 0 aliphatic heterocycles. The molecule has 0 aliphatic rings. The number of aryl methyl sites for hydroxylation is 1. The number of rotatable bonds is 4. The van der Waals surface area contributed by atoms with Crippen LogP contribution < -0.4 is 0 Å². The average Bonchev–Trinajstić information content (AvgIpc) is 2.76. The molecule has 0 unspecified atom stereocenters. The Labute approximate surface area is 88.2 Å². The Hall–Kier alpha value is -1.68. The summed E-state index contributed by atoms with van der Waals surface area (Å²) in [5, 5.41) is 12.9. The summed E-state index contributed by atoms with van der Waals surface area (Å²) < 4.78 is 1.83. The van der Waals surface area contributed by atoms with E-state index in [4.69, 9.17) is 5.11 Å². The molecule has 0 saturated heterocycles. The van der Waals surface area contributed by atoms with E-state index in [1.807, 2.05) is 35.4 Å². The van der Waals surface area contributed by atoms with Crippen LogP contribution in [0.5, 0.6) is 0 Å². The molecule has 0 aliphatic carbocycles. The molecule has 0 saturated carbocycles. The summed E-state index contributed by atoms with van der Waals surface area (Å²) in [5.74, 6) is 0. The van der Waals surface area contributed by atoms with Crippen molar-refractivity contribution in [3.05, 3.63) is 36.9 Å². The second kappa shape index (κ2) is 4.70. The number of hydrogen-bond acceptors (Lipinski definition) is 3. The third kappa shape index (κ3) is 2.41. The van der Waals surface area contributed by atoms with E-state index in [0.717, 1.165) is 24.1 Å². The predicted octanol–water partition coefficient (Wildman–Crippen LogP) is 1.33. The van der Waals surface area contributed by atoms with Gasteiger partial charge in [0.2, 0.25) is 0 Å². The Morgan fingerprint density at radius 3 is 2.93 bits per heavy atom. The number of nitrogens with zero attached hydrogens (tertiary/aromatic N) is 3. The lowest BCUT2D eigenvalue weighted by molar-refractivity contribution is 0.277. The van der Waals surface area contributed by atoms with Gasteiger partial charge in [-0.05, 0) is 12.5 Å². The van der Waals surface area contributed by atoms with E-state index in [2.05, 4.69) is 10.1 Å². The molecule has 0 amide bonds. The van der Waals surface area contributed by atoms with Crippen LogP contribution in [0.2, 0.25) is 0 Å². The topological polar surface area (TPSA) is 50.9 Å². The smallest absolute Gasteiger partial charge is 0.0568 e. The zero-order valence-corrected chi connectivity index (χ0v) is 8.37. The van der Waals surface area contributed by atoms with Gasteiger partial charge >= 0.3 is 0 Å². The maximum atomic E-state index is 8.70. The molecule has 0 bridgehead atoms. The highest BCUT2D eigenvalue weighted by Gasteiger charge is 2.00. The standard InChI is InChI=1S/C11H13N3O/c15-6-2-5-14-9-11(8-13-14)10-3-1-4-12-7-10/h1,3-4,7-9,15H,2,5-6H2. The zero-order valence-electron chi connectivity index (χ0n) is 8.37. The van der Waals surface area contributed by atoms with E-state index < -0.39 is 0 Å². The van der Waals surface area contributed by atoms with Crippen LogP contribution in [-0.2, 0) is 6.54 Å². The van der Waals surface area contributed by atoms with Crippen LogP contribution in [0, 0.1) is 0 Å². The summed E-state index contributed by atoms with van der Waals surface area (Å²) in [6.45, 7) is 0.943. The molecule has 0 atom stereocenters. The van der Waals surface area contributed by atoms with Crippen molar-refractivity contribution in [3.63, 3.8) is 0 Å². The molecule has 0 aromatic carbocycles. The maximum Gasteiger partial charge on any atom is 0.0568 e. The fourth-order valence-electron chi connectivity index (χ4n) is 1.40. The lowest BCUT2D eigenvalue weighted by Crippen LogP contribution is -1.99. The number of hydrogen-bond donors (Lipinski definition) is 1. The van der Waals surface area contributed by atoms with Crippen LogP contribution >= 0.6 is 0 Å². The van der Waals surface area contributed by atoms with Gasteiger partial charge in [-0.1, -0.05) is 6.07 Å². The lowest BCUT2D eigenvalue weighted by atomic mass is 10.2. The summed E-state index contributed by atoms with van der Waals surface area (Å²) in [7, 11) is 0. The minimum Gasteiger partial charge on any atom is -0.396 e. The minimum atomic E-state index is 0.197. The molecule has 0 spiro atoms. The van der Waals surface area contributed by atoms with Crippen molar-refractivity contribution in [2.75, 3.05) is 6.61 Å². The fraction of sp³-hybridized carbons (Fsp3) is 0.273. The van der Waals surface area contributed by atoms with Gasteiger partial charge in [-0.3, -0.25) is 9.67 Å². The van der Waals surface area contributed by atoms with Crippen LogP contribution in [0.25, 0.3) is 11.1 Å². The summed E-state index contributed by atoms with van der Waals surface area (Å²) in [5.41, 5.74) is 2.12. The van der Waals surface area contributed by atoms with E-state index >= 15 is 0 Å². The Kier molecular flexibility index (Phi) is 3.09. The third-order valence-corrected chi connectivity index (χ3v) is 2.17. The highest BCUT2D eigenvalue weighted by atomic mass is 16.3. The van der Waals surface area contributed by atoms with Crippen molar-refractivity contribution >= 4 is 0 Å². The Morgan fingerprint density at radius 1 is 1.27 bits per heavy atom. The third-order valence-electron chi connectivity index (χ3n) is 2.17. The normalized spacial score (nSPS) is 10.5. The number of pyridine rings is 1. The van der Waals surface area contributed by atoms with Crippen LogP contribution in [0.4, 0.5) is 0 Å². The number of aliphatic hydroxyl groups is 1. The van der Waals surface area contributed by atoms with Crippen LogP contribution in [0.3, 0.4) is 0 Å². The SMILES string of the molecule is OCCCn1cc(-c2cccnc2)cn1. The molecule has 78 valence electrons. The molecule has 4 heteroatoms. The van der Waals surface area contributed by atoms with Gasteiger partial charge in [0.15, 0.2) is 0 Å². The molecule has 0 radical (unpaired) electrons. The largest absolute Gasteiger partial charge is 0.396 e. The van der Waals surface area contributed by atoms with E-state index in [-0.39, 0.29) is 6.61 Å². The van der Waals surface area contributed by atoms with E-state index in [9.17, 15) is 0 Å². The summed E-state index contributed by atoms with van der Waals surface area (Å²) in [4.78, 5) is 4.06. The van der Waals surface area contributed by atoms with Crippen molar-refractivity contribution < 1.29 is 5.11 Å². The monoisotopic (exact) mass is 203 g/mol. The molecule has 2 aromatic heterocycles. The van der Waals surface area contributed by atoms with Crippen molar-refractivity contribution in [1.82, 2.24) is 14.8 Å². The molecule has 1 N–H and O–H groups in total. The average molecular weight is 203 g/mol. The fourth-order valence-corrected chi connectivity index (χ4v) is 1.40. The van der Waals surface area contributed by atoms with Gasteiger partial charge in [-0.2, -0.15) is 5.10 Å². The first-order chi connectivity index (χ1) is 7.40. The number of aromatic nitrogens is 3. The van der Waals surface area contributed by atoms with E-state index in [0.29, 0.717) is 0 Å². The first-order valence-corrected chi connectivity index (χ1v) is 4.94. The van der Waals surface area contributed by atoms with Crippen LogP contribution in [0.15, 0.2) is 36.9 Å². The molecule has 2 aromatic rings. The predicted molar refractivity (Wildman–Crippen MR) is 57.2 cm³/mol. The van der Waals surface area contributed by atoms with Gasteiger partial charge in [-0.25, -0.2) is 0 Å². The van der Waals surface area contributed by atoms with Crippen molar-refractivity contribution in [2.45, 2.75) is 13.0 Å². The molecule has 0 fully saturated rings. The summed E-state index contributed by atoms with van der Waals surface area (Å²) in [6, 6.07) is 3.90. The van der Waals surface area contributed by atoms with E-state index in [1.54, 1.807) is 6.20 Å². The molecule has 2 rings (SSSR count). The quantitative estimate of drug-likeness (QED) is 0.815. The molecular formula is C11H13N3O. The van der Waals surface area contributed by atoms with Gasteiger partial charge in [0.25, 0.3) is 0 Å². The molecule has 15 heavy (non-hydrogen) atoms. The Balaban J connectivity index is 2.14. The molecule has 2 heterocycles. The lowest BCUT2D eigenvalue weighted by Gasteiger charge is -1.97. The van der Waals surface area contributed by atoms with Gasteiger partial charge in [0.1, 0.15) is 0 Å². The Morgan fingerprint density at radius 2 is 2.20 bits per heavy atom. The van der Waals surface area contributed by atoms with Crippen molar-refractivity contribution in [2.24, 2.45) is 0 Å². The first kappa shape index (κ1) is 9.86. The zero-order chi connectivity index (χ0) is 10.5. The molecular weight excluding hydrogens is 190 g/mol. The summed E-state index contributed by atoms with van der Waals surface area (Å²) >= 11 is 0. The van der Waals surface area contributed by atoms with Gasteiger partial charge < -0.3 is 5.11 Å². The molecule has 4 nitrogen and oxygen atoms in total. The van der Waals surface area contributed by atoms with Gasteiger partial charge in [0.05, 0.1) is 6.20 Å². The second-order valence-corrected chi connectivity index (χ2v) is 3.31. The maximum absolute atomic E-state index is 8.70. The Bertz CT molecular complexity index is 411. The number of aliphatic hydroxyl groups excluding tert-OH is 1. The van der Waals surface area contributed by atoms with Crippen LogP contribution in [-0.4, -0.2) is 26.5 Å². The van der Waals surface area contributed by atoms with Gasteiger partial charge in [0, 0.05) is 42.9 Å². The van der Waals surface area contributed by atoms with Crippen LogP contribution in [0.1, 0.15) is 6.42 Å². The first-order valence-electron chi connectivity index (χ1n) is 4.94. The minimum absolute atomic E-state index is 0.197. The summed E-state index contributed by atoms with van der Waals surface area (Å²) in [6.07, 6.45) is 8.07. The second-order valence-electron chi connectivity index (χ2n) is 3.31. The van der Waals surface area contributed by atoms with E-state index in [1.165, 1.54) is 0 Å². The highest BCUT2D eigenvalue weighted by Crippen LogP contribution is 2.16. The highest BCUT2D eigenvalue weighted by molar-refractivity contribution is 5.59. The van der Waals surface area contributed by atoms with Gasteiger partial charge in [-0.15, -0.1) is 0 Å².